The first-order valence-corrected chi connectivity index (χ1v) is 10.3. The molecule has 0 unspecified atom stereocenters. The van der Waals surface area contributed by atoms with Crippen molar-refractivity contribution in [2.45, 2.75) is 39.7 Å². The molecule has 0 fully saturated rings. The van der Waals surface area contributed by atoms with Crippen LogP contribution in [0.5, 0.6) is 5.75 Å². The number of rotatable bonds is 6. The Morgan fingerprint density at radius 3 is 2.77 bits per heavy atom. The molecule has 0 bridgehead atoms. The van der Waals surface area contributed by atoms with E-state index < -0.39 is 5.63 Å². The molecule has 1 amide bonds. The van der Waals surface area contributed by atoms with E-state index in [1.165, 1.54) is 6.07 Å². The van der Waals surface area contributed by atoms with Crippen molar-refractivity contribution >= 4 is 33.5 Å². The molecule has 0 aliphatic heterocycles. The van der Waals surface area contributed by atoms with Gasteiger partial charge in [-0.15, -0.1) is 0 Å². The van der Waals surface area contributed by atoms with Gasteiger partial charge in [-0.1, -0.05) is 6.07 Å². The van der Waals surface area contributed by atoms with Crippen molar-refractivity contribution < 1.29 is 13.9 Å². The van der Waals surface area contributed by atoms with Crippen molar-refractivity contribution in [3.63, 3.8) is 0 Å². The summed E-state index contributed by atoms with van der Waals surface area (Å²) < 4.78 is 11.3. The van der Waals surface area contributed by atoms with Gasteiger partial charge in [-0.25, -0.2) is 4.79 Å². The molecule has 6 nitrogen and oxygen atoms in total. The number of carbonyl (C=O) groups is 1. The maximum atomic E-state index is 12.7. The number of aryl methyl sites for hydroxylation is 2. The van der Waals surface area contributed by atoms with Crippen LogP contribution in [-0.2, 0) is 11.2 Å². The topological polar surface area (TPSA) is 81.4 Å². The van der Waals surface area contributed by atoms with E-state index in [-0.39, 0.29) is 18.4 Å². The van der Waals surface area contributed by atoms with Crippen LogP contribution in [0.1, 0.15) is 31.4 Å². The van der Waals surface area contributed by atoms with E-state index in [0.717, 1.165) is 33.1 Å². The first kappa shape index (κ1) is 20.6. The molecule has 2 aromatic carbocycles. The number of carbonyl (C=O) groups excluding carboxylic acids is 1. The minimum absolute atomic E-state index is 0.0512. The van der Waals surface area contributed by atoms with Gasteiger partial charge in [0.25, 0.3) is 0 Å². The zero-order valence-electron chi connectivity index (χ0n) is 17.8. The molecule has 31 heavy (non-hydrogen) atoms. The Morgan fingerprint density at radius 1 is 1.13 bits per heavy atom. The summed E-state index contributed by atoms with van der Waals surface area (Å²) in [6.07, 6.45) is 2.45. The molecule has 0 spiro atoms. The lowest BCUT2D eigenvalue weighted by atomic mass is 10.0. The molecule has 0 aliphatic rings. The van der Waals surface area contributed by atoms with Gasteiger partial charge in [0.2, 0.25) is 5.91 Å². The zero-order chi connectivity index (χ0) is 22.0. The maximum Gasteiger partial charge on any atom is 0.336 e. The average molecular weight is 416 g/mol. The Kier molecular flexibility index (Phi) is 5.71. The van der Waals surface area contributed by atoms with Gasteiger partial charge >= 0.3 is 5.63 Å². The van der Waals surface area contributed by atoms with Crippen molar-refractivity contribution in [3.8, 4) is 5.75 Å². The monoisotopic (exact) mass is 416 g/mol. The second-order valence-electron chi connectivity index (χ2n) is 7.79. The van der Waals surface area contributed by atoms with Gasteiger partial charge < -0.3 is 14.5 Å². The predicted molar refractivity (Wildman–Crippen MR) is 122 cm³/mol. The SMILES string of the molecule is Cc1cc(=O)oc2cc(OC(C)C)c(CCC(=O)Nc3cccc4ncccc34)cc12. The van der Waals surface area contributed by atoms with Gasteiger partial charge in [-0.3, -0.25) is 9.78 Å². The van der Waals surface area contributed by atoms with Crippen molar-refractivity contribution in [2.24, 2.45) is 0 Å². The summed E-state index contributed by atoms with van der Waals surface area (Å²) in [5, 5.41) is 4.73. The molecule has 0 aliphatic carbocycles. The Labute approximate surface area is 179 Å². The third-order valence-corrected chi connectivity index (χ3v) is 5.04. The number of anilines is 1. The number of pyridine rings is 1. The number of nitrogens with zero attached hydrogens (tertiary/aromatic N) is 1. The molecule has 6 heteroatoms. The number of fused-ring (bicyclic) bond motifs is 2. The molecule has 4 rings (SSSR count). The van der Waals surface area contributed by atoms with Crippen LogP contribution in [0.15, 0.2) is 63.9 Å². The van der Waals surface area contributed by atoms with E-state index in [2.05, 4.69) is 10.3 Å². The highest BCUT2D eigenvalue weighted by Gasteiger charge is 2.14. The Balaban J connectivity index is 1.58. The van der Waals surface area contributed by atoms with Gasteiger partial charge in [0.05, 0.1) is 17.3 Å². The molecule has 2 heterocycles. The summed E-state index contributed by atoms with van der Waals surface area (Å²) in [6.45, 7) is 5.73. The number of hydrogen-bond donors (Lipinski definition) is 1. The summed E-state index contributed by atoms with van der Waals surface area (Å²) in [4.78, 5) is 28.8. The van der Waals surface area contributed by atoms with E-state index in [0.29, 0.717) is 17.8 Å². The van der Waals surface area contributed by atoms with E-state index >= 15 is 0 Å². The lowest BCUT2D eigenvalue weighted by molar-refractivity contribution is -0.116. The molecule has 4 aromatic rings. The third kappa shape index (κ3) is 4.58. The molecule has 0 atom stereocenters. The zero-order valence-corrected chi connectivity index (χ0v) is 17.8. The first-order valence-electron chi connectivity index (χ1n) is 10.3. The van der Waals surface area contributed by atoms with Gasteiger partial charge in [-0.2, -0.15) is 0 Å². The summed E-state index contributed by atoms with van der Waals surface area (Å²) >= 11 is 0. The molecular formula is C25H24N2O4. The van der Waals surface area contributed by atoms with Crippen molar-refractivity contribution in [1.82, 2.24) is 4.98 Å². The number of aromatic nitrogens is 1. The van der Waals surface area contributed by atoms with Crippen LogP contribution in [0.3, 0.4) is 0 Å². The van der Waals surface area contributed by atoms with Gasteiger partial charge in [0, 0.05) is 35.5 Å². The van der Waals surface area contributed by atoms with Crippen LogP contribution in [0, 0.1) is 6.92 Å². The maximum absolute atomic E-state index is 12.7. The number of nitrogens with one attached hydrogen (secondary N) is 1. The van der Waals surface area contributed by atoms with Gasteiger partial charge in [0.15, 0.2) is 0 Å². The van der Waals surface area contributed by atoms with E-state index in [1.54, 1.807) is 12.3 Å². The fraction of sp³-hybridized carbons (Fsp3) is 0.240. The highest BCUT2D eigenvalue weighted by molar-refractivity contribution is 6.01. The minimum Gasteiger partial charge on any atom is -0.491 e. The number of benzene rings is 2. The third-order valence-electron chi connectivity index (χ3n) is 5.04. The highest BCUT2D eigenvalue weighted by Crippen LogP contribution is 2.29. The molecule has 158 valence electrons. The van der Waals surface area contributed by atoms with Crippen molar-refractivity contribution in [2.75, 3.05) is 5.32 Å². The Bertz CT molecular complexity index is 1320. The largest absolute Gasteiger partial charge is 0.491 e. The fourth-order valence-electron chi connectivity index (χ4n) is 3.62. The number of ether oxygens (including phenoxy) is 1. The average Bonchev–Trinajstić information content (AvgIpc) is 2.72. The lowest BCUT2D eigenvalue weighted by Crippen LogP contribution is -2.14. The first-order chi connectivity index (χ1) is 14.9. The van der Waals surface area contributed by atoms with Crippen LogP contribution in [0.4, 0.5) is 5.69 Å². The van der Waals surface area contributed by atoms with Crippen molar-refractivity contribution in [1.29, 1.82) is 0 Å². The van der Waals surface area contributed by atoms with Crippen LogP contribution in [0.2, 0.25) is 0 Å². The summed E-state index contributed by atoms with van der Waals surface area (Å²) in [7, 11) is 0. The van der Waals surface area contributed by atoms with Crippen LogP contribution in [-0.4, -0.2) is 17.0 Å². The predicted octanol–water partition coefficient (Wildman–Crippen LogP) is 5.01. The van der Waals surface area contributed by atoms with E-state index in [9.17, 15) is 9.59 Å². The van der Waals surface area contributed by atoms with E-state index in [4.69, 9.17) is 9.15 Å². The molecule has 0 radical (unpaired) electrons. The second-order valence-corrected chi connectivity index (χ2v) is 7.79. The summed E-state index contributed by atoms with van der Waals surface area (Å²) in [5.41, 5.74) is 3.39. The minimum atomic E-state index is -0.391. The number of amides is 1. The number of hydrogen-bond acceptors (Lipinski definition) is 5. The Hall–Kier alpha value is -3.67. The molecule has 2 aromatic heterocycles. The molecule has 0 saturated carbocycles. The summed E-state index contributed by atoms with van der Waals surface area (Å²) in [5.74, 6) is 0.529. The lowest BCUT2D eigenvalue weighted by Gasteiger charge is -2.16. The quantitative estimate of drug-likeness (QED) is 0.447. The summed E-state index contributed by atoms with van der Waals surface area (Å²) in [6, 6.07) is 14.6. The van der Waals surface area contributed by atoms with Crippen LogP contribution >= 0.6 is 0 Å². The standard InChI is InChI=1S/C25H24N2O4/c1-15(2)30-22-14-23-19(16(3)12-25(29)31-23)13-17(22)9-10-24(28)27-21-8-4-7-20-18(21)6-5-11-26-20/h4-8,11-15H,9-10H2,1-3H3,(H,27,28). The van der Waals surface area contributed by atoms with E-state index in [1.807, 2.05) is 57.2 Å². The normalized spacial score (nSPS) is 11.2. The molecule has 1 N–H and O–H groups in total. The van der Waals surface area contributed by atoms with Gasteiger partial charge in [0.1, 0.15) is 11.3 Å². The van der Waals surface area contributed by atoms with Crippen LogP contribution < -0.4 is 15.7 Å². The van der Waals surface area contributed by atoms with Gasteiger partial charge in [-0.05, 0) is 68.7 Å². The smallest absolute Gasteiger partial charge is 0.336 e. The Morgan fingerprint density at radius 2 is 1.97 bits per heavy atom. The highest BCUT2D eigenvalue weighted by atomic mass is 16.5. The van der Waals surface area contributed by atoms with Crippen LogP contribution in [0.25, 0.3) is 21.9 Å². The fourth-order valence-corrected chi connectivity index (χ4v) is 3.62. The van der Waals surface area contributed by atoms with Crippen molar-refractivity contribution in [3.05, 3.63) is 76.3 Å². The molecular weight excluding hydrogens is 392 g/mol. The second kappa shape index (κ2) is 8.60. The molecule has 0 saturated heterocycles.